The van der Waals surface area contributed by atoms with E-state index in [1.165, 1.54) is 17.3 Å². The van der Waals surface area contributed by atoms with Gasteiger partial charge in [-0.2, -0.15) is 4.31 Å². The molecule has 122 valence electrons. The molecule has 0 saturated carbocycles. The molecular formula is C13H18ClN3O4S. The minimum atomic E-state index is -3.83. The Bertz CT molecular complexity index is 707. The topological polar surface area (TPSA) is 92.6 Å². The first-order valence-corrected chi connectivity index (χ1v) is 8.68. The fraction of sp³-hybridized carbons (Fsp3) is 0.538. The molecule has 1 aromatic carbocycles. The van der Waals surface area contributed by atoms with E-state index in [-0.39, 0.29) is 33.3 Å². The van der Waals surface area contributed by atoms with Gasteiger partial charge in [-0.15, -0.1) is 0 Å². The summed E-state index contributed by atoms with van der Waals surface area (Å²) in [5.74, 6) is 0. The zero-order valence-corrected chi connectivity index (χ0v) is 14.1. The van der Waals surface area contributed by atoms with Gasteiger partial charge in [0.1, 0.15) is 0 Å². The smallest absolute Gasteiger partial charge is 0.275 e. The van der Waals surface area contributed by atoms with Crippen LogP contribution in [0.2, 0.25) is 5.02 Å². The van der Waals surface area contributed by atoms with Gasteiger partial charge in [-0.3, -0.25) is 10.1 Å². The number of nitrogens with zero attached hydrogens (tertiary/aromatic N) is 2. The lowest BCUT2D eigenvalue weighted by atomic mass is 10.1. The quantitative estimate of drug-likeness (QED) is 0.666. The van der Waals surface area contributed by atoms with Crippen LogP contribution in [0, 0.1) is 17.0 Å². The lowest BCUT2D eigenvalue weighted by Gasteiger charge is -2.37. The Morgan fingerprint density at radius 1 is 1.41 bits per heavy atom. The van der Waals surface area contributed by atoms with E-state index in [9.17, 15) is 18.5 Å². The Balaban J connectivity index is 2.52. The van der Waals surface area contributed by atoms with Crippen molar-refractivity contribution in [1.82, 2.24) is 9.62 Å². The van der Waals surface area contributed by atoms with Crippen molar-refractivity contribution in [2.45, 2.75) is 37.8 Å². The summed E-state index contributed by atoms with van der Waals surface area (Å²) in [6.07, 6.45) is 0. The van der Waals surface area contributed by atoms with E-state index in [0.717, 1.165) is 6.07 Å². The lowest BCUT2D eigenvalue weighted by molar-refractivity contribution is -0.385. The van der Waals surface area contributed by atoms with Gasteiger partial charge in [-0.25, -0.2) is 8.42 Å². The maximum absolute atomic E-state index is 12.8. The van der Waals surface area contributed by atoms with Crippen molar-refractivity contribution in [1.29, 1.82) is 0 Å². The first kappa shape index (κ1) is 17.1. The Labute approximate surface area is 134 Å². The predicted molar refractivity (Wildman–Crippen MR) is 83.7 cm³/mol. The van der Waals surface area contributed by atoms with Gasteiger partial charge in [-0.1, -0.05) is 11.6 Å². The van der Waals surface area contributed by atoms with E-state index in [0.29, 0.717) is 13.1 Å². The van der Waals surface area contributed by atoms with Crippen LogP contribution in [-0.2, 0) is 10.0 Å². The monoisotopic (exact) mass is 347 g/mol. The van der Waals surface area contributed by atoms with Gasteiger partial charge in [0.05, 0.1) is 14.8 Å². The summed E-state index contributed by atoms with van der Waals surface area (Å²) in [7, 11) is -3.83. The lowest BCUT2D eigenvalue weighted by Crippen LogP contribution is -2.57. The van der Waals surface area contributed by atoms with Crippen molar-refractivity contribution >= 4 is 27.3 Å². The van der Waals surface area contributed by atoms with Crippen LogP contribution in [0.1, 0.15) is 19.4 Å². The van der Waals surface area contributed by atoms with Crippen molar-refractivity contribution in [3.8, 4) is 0 Å². The molecule has 1 fully saturated rings. The third-order valence-electron chi connectivity index (χ3n) is 4.07. The second kappa shape index (κ2) is 6.11. The molecule has 0 bridgehead atoms. The highest BCUT2D eigenvalue weighted by Gasteiger charge is 2.35. The molecular weight excluding hydrogens is 330 g/mol. The van der Waals surface area contributed by atoms with E-state index in [1.807, 2.05) is 6.92 Å². The van der Waals surface area contributed by atoms with Gasteiger partial charge >= 0.3 is 0 Å². The highest BCUT2D eigenvalue weighted by Crippen LogP contribution is 2.31. The second-order valence-corrected chi connectivity index (χ2v) is 7.70. The Hall–Kier alpha value is -1.22. The number of nitrogens with one attached hydrogen (secondary N) is 1. The average Bonchev–Trinajstić information content (AvgIpc) is 2.43. The number of hydrogen-bond acceptors (Lipinski definition) is 5. The van der Waals surface area contributed by atoms with E-state index in [2.05, 4.69) is 5.32 Å². The molecule has 1 aromatic rings. The first-order chi connectivity index (χ1) is 10.2. The van der Waals surface area contributed by atoms with Crippen LogP contribution in [0.25, 0.3) is 0 Å². The van der Waals surface area contributed by atoms with Gasteiger partial charge in [0, 0.05) is 36.8 Å². The van der Waals surface area contributed by atoms with Gasteiger partial charge in [0.2, 0.25) is 10.0 Å². The Kier molecular flexibility index (Phi) is 4.76. The third kappa shape index (κ3) is 2.96. The molecule has 0 aromatic heterocycles. The number of sulfonamides is 1. The van der Waals surface area contributed by atoms with E-state index in [4.69, 9.17) is 11.6 Å². The molecule has 1 aliphatic rings. The van der Waals surface area contributed by atoms with Crippen molar-refractivity contribution in [3.05, 3.63) is 32.8 Å². The zero-order valence-electron chi connectivity index (χ0n) is 12.5. The summed E-state index contributed by atoms with van der Waals surface area (Å²) >= 11 is 5.97. The number of piperazine rings is 1. The molecule has 1 heterocycles. The minimum Gasteiger partial charge on any atom is -0.311 e. The predicted octanol–water partition coefficient (Wildman–Crippen LogP) is 1.93. The van der Waals surface area contributed by atoms with Crippen molar-refractivity contribution in [3.63, 3.8) is 0 Å². The Morgan fingerprint density at radius 3 is 2.64 bits per heavy atom. The molecule has 2 unspecified atom stereocenters. The van der Waals surface area contributed by atoms with E-state index < -0.39 is 14.9 Å². The molecule has 2 atom stereocenters. The number of benzene rings is 1. The van der Waals surface area contributed by atoms with Crippen LogP contribution >= 0.6 is 11.6 Å². The Morgan fingerprint density at radius 2 is 2.05 bits per heavy atom. The summed E-state index contributed by atoms with van der Waals surface area (Å²) in [4.78, 5) is 10.3. The molecule has 0 amide bonds. The highest BCUT2D eigenvalue weighted by atomic mass is 35.5. The normalized spacial score (nSPS) is 23.5. The van der Waals surface area contributed by atoms with Gasteiger partial charge in [-0.05, 0) is 26.8 Å². The molecule has 22 heavy (non-hydrogen) atoms. The highest BCUT2D eigenvalue weighted by molar-refractivity contribution is 7.89. The fourth-order valence-corrected chi connectivity index (χ4v) is 4.51. The average molecular weight is 348 g/mol. The fourth-order valence-electron chi connectivity index (χ4n) is 2.48. The van der Waals surface area contributed by atoms with Gasteiger partial charge < -0.3 is 5.32 Å². The molecule has 9 heteroatoms. The van der Waals surface area contributed by atoms with Gasteiger partial charge in [0.15, 0.2) is 0 Å². The number of nitro groups is 1. The standard InChI is InChI=1S/C13H18ClN3O4S/c1-8-12(14)6-11(7-13(8)17(18)19)22(20,21)16-5-4-15-9(2)10(16)3/h6-7,9-10,15H,4-5H2,1-3H3. The number of hydrogen-bond donors (Lipinski definition) is 1. The molecule has 1 saturated heterocycles. The number of nitro benzene ring substituents is 1. The van der Waals surface area contributed by atoms with Crippen LogP contribution in [-0.4, -0.2) is 42.8 Å². The van der Waals surface area contributed by atoms with E-state index in [1.54, 1.807) is 6.92 Å². The molecule has 0 aliphatic carbocycles. The number of halogens is 1. The van der Waals surface area contributed by atoms with Crippen LogP contribution < -0.4 is 5.32 Å². The molecule has 2 rings (SSSR count). The molecule has 1 aliphatic heterocycles. The molecule has 0 spiro atoms. The largest absolute Gasteiger partial charge is 0.311 e. The molecule has 1 N–H and O–H groups in total. The minimum absolute atomic E-state index is 0.000527. The molecule has 0 radical (unpaired) electrons. The van der Waals surface area contributed by atoms with Crippen molar-refractivity contribution in [2.75, 3.05) is 13.1 Å². The van der Waals surface area contributed by atoms with Gasteiger partial charge in [0.25, 0.3) is 5.69 Å². The second-order valence-electron chi connectivity index (χ2n) is 5.41. The maximum Gasteiger partial charge on any atom is 0.275 e. The summed E-state index contributed by atoms with van der Waals surface area (Å²) in [5, 5.41) is 14.3. The van der Waals surface area contributed by atoms with Crippen molar-refractivity contribution < 1.29 is 13.3 Å². The summed E-state index contributed by atoms with van der Waals surface area (Å²) in [6, 6.07) is 2.10. The van der Waals surface area contributed by atoms with Crippen LogP contribution in [0.5, 0.6) is 0 Å². The number of rotatable bonds is 3. The zero-order chi connectivity index (χ0) is 16.7. The third-order valence-corrected chi connectivity index (χ3v) is 6.43. The summed E-state index contributed by atoms with van der Waals surface area (Å²) in [5.41, 5.74) is -0.0331. The maximum atomic E-state index is 12.8. The van der Waals surface area contributed by atoms with Crippen LogP contribution in [0.3, 0.4) is 0 Å². The SMILES string of the molecule is Cc1c(Cl)cc(S(=O)(=O)N2CCNC(C)C2C)cc1[N+](=O)[O-]. The summed E-state index contributed by atoms with van der Waals surface area (Å²) < 4.78 is 27.0. The molecule has 7 nitrogen and oxygen atoms in total. The van der Waals surface area contributed by atoms with Crippen molar-refractivity contribution in [2.24, 2.45) is 0 Å². The van der Waals surface area contributed by atoms with Crippen LogP contribution in [0.4, 0.5) is 5.69 Å². The van der Waals surface area contributed by atoms with Crippen LogP contribution in [0.15, 0.2) is 17.0 Å². The summed E-state index contributed by atoms with van der Waals surface area (Å²) in [6.45, 7) is 6.04. The first-order valence-electron chi connectivity index (χ1n) is 6.86. The van der Waals surface area contributed by atoms with E-state index >= 15 is 0 Å².